The fraction of sp³-hybridized carbons (Fsp3) is 0.407. The van der Waals surface area contributed by atoms with Crippen molar-refractivity contribution in [2.75, 3.05) is 54.1 Å². The number of ether oxygens (including phenoxy) is 3. The van der Waals surface area contributed by atoms with Crippen LogP contribution in [-0.4, -0.2) is 89.0 Å². The number of rotatable bonds is 9. The predicted octanol–water partition coefficient (Wildman–Crippen LogP) is 2.32. The van der Waals surface area contributed by atoms with E-state index in [2.05, 4.69) is 37.2 Å². The van der Waals surface area contributed by atoms with Gasteiger partial charge in [0, 0.05) is 43.2 Å². The summed E-state index contributed by atoms with van der Waals surface area (Å²) in [5, 5.41) is 13.6. The summed E-state index contributed by atoms with van der Waals surface area (Å²) in [6.45, 7) is 7.01. The van der Waals surface area contributed by atoms with Crippen LogP contribution in [0.2, 0.25) is 0 Å². The minimum absolute atomic E-state index is 0.188. The van der Waals surface area contributed by atoms with Crippen LogP contribution in [0.5, 0.6) is 17.2 Å². The van der Waals surface area contributed by atoms with E-state index in [1.54, 1.807) is 32.1 Å². The average molecular weight is 520 g/mol. The second-order valence-corrected chi connectivity index (χ2v) is 9.26. The Morgan fingerprint density at radius 1 is 0.947 bits per heavy atom. The van der Waals surface area contributed by atoms with Gasteiger partial charge in [-0.3, -0.25) is 9.69 Å². The Balaban J connectivity index is 1.59. The Kier molecular flexibility index (Phi) is 7.57. The SMILES string of the molecule is CCN1CCN([C@@H](c2cc3cc(OC)c(OC)cc3[nH]c2=O)c2nnnn2Cc2ccc(OC)cc2)CC1. The van der Waals surface area contributed by atoms with Gasteiger partial charge in [-0.15, -0.1) is 5.10 Å². The Bertz CT molecular complexity index is 1440. The first-order chi connectivity index (χ1) is 18.5. The standard InChI is InChI=1S/C27H33N7O4/c1-5-32-10-12-33(13-11-32)25(26-29-30-31-34(26)17-18-6-8-20(36-2)9-7-18)21-14-19-15-23(37-3)24(38-4)16-22(19)28-27(21)35/h6-9,14-16,25H,5,10-13,17H2,1-4H3,(H,28,35)/t25-/m0/s1. The summed E-state index contributed by atoms with van der Waals surface area (Å²) < 4.78 is 18.0. The molecule has 0 aliphatic carbocycles. The number of nitrogens with one attached hydrogen (secondary N) is 1. The number of methoxy groups -OCH3 is 3. The summed E-state index contributed by atoms with van der Waals surface area (Å²) in [6.07, 6.45) is 0. The van der Waals surface area contributed by atoms with E-state index < -0.39 is 6.04 Å². The topological polar surface area (TPSA) is 111 Å². The number of nitrogens with zero attached hydrogens (tertiary/aromatic N) is 6. The summed E-state index contributed by atoms with van der Waals surface area (Å²) in [7, 11) is 4.81. The maximum absolute atomic E-state index is 13.6. The molecule has 1 aliphatic heterocycles. The van der Waals surface area contributed by atoms with Gasteiger partial charge in [0.2, 0.25) is 0 Å². The van der Waals surface area contributed by atoms with Crippen LogP contribution in [0.15, 0.2) is 47.3 Å². The third-order valence-corrected chi connectivity index (χ3v) is 7.19. The molecule has 0 spiro atoms. The first-order valence-electron chi connectivity index (χ1n) is 12.7. The van der Waals surface area contributed by atoms with Gasteiger partial charge in [-0.25, -0.2) is 4.68 Å². The van der Waals surface area contributed by atoms with E-state index in [1.165, 1.54) is 0 Å². The second-order valence-electron chi connectivity index (χ2n) is 9.26. The molecule has 1 atom stereocenters. The van der Waals surface area contributed by atoms with E-state index in [0.29, 0.717) is 34.9 Å². The molecule has 11 nitrogen and oxygen atoms in total. The Morgan fingerprint density at radius 2 is 1.66 bits per heavy atom. The lowest BCUT2D eigenvalue weighted by atomic mass is 10.0. The van der Waals surface area contributed by atoms with Crippen molar-refractivity contribution >= 4 is 10.9 Å². The molecule has 1 aliphatic rings. The number of piperazine rings is 1. The Morgan fingerprint density at radius 3 is 2.32 bits per heavy atom. The molecule has 0 saturated carbocycles. The van der Waals surface area contributed by atoms with Gasteiger partial charge in [-0.1, -0.05) is 19.1 Å². The minimum Gasteiger partial charge on any atom is -0.497 e. The number of benzene rings is 2. The monoisotopic (exact) mass is 519 g/mol. The summed E-state index contributed by atoms with van der Waals surface area (Å²) in [6, 6.07) is 12.9. The second kappa shape index (κ2) is 11.2. The van der Waals surface area contributed by atoms with E-state index in [1.807, 2.05) is 36.4 Å². The highest BCUT2D eigenvalue weighted by Gasteiger charge is 2.32. The maximum Gasteiger partial charge on any atom is 0.253 e. The van der Waals surface area contributed by atoms with Crippen LogP contribution >= 0.6 is 0 Å². The number of hydrogen-bond acceptors (Lipinski definition) is 9. The first kappa shape index (κ1) is 25.7. The molecule has 4 aromatic rings. The van der Waals surface area contributed by atoms with Crippen LogP contribution in [-0.2, 0) is 6.54 Å². The van der Waals surface area contributed by atoms with Crippen molar-refractivity contribution in [3.63, 3.8) is 0 Å². The van der Waals surface area contributed by atoms with Gasteiger partial charge in [0.1, 0.15) is 11.8 Å². The number of aromatic amines is 1. The molecule has 0 unspecified atom stereocenters. The Hall–Kier alpha value is -3.96. The van der Waals surface area contributed by atoms with E-state index in [4.69, 9.17) is 14.2 Å². The van der Waals surface area contributed by atoms with Crippen LogP contribution < -0.4 is 19.8 Å². The zero-order valence-corrected chi connectivity index (χ0v) is 22.2. The van der Waals surface area contributed by atoms with Crippen molar-refractivity contribution in [1.82, 2.24) is 35.0 Å². The molecule has 2 aromatic heterocycles. The van der Waals surface area contributed by atoms with Gasteiger partial charge in [-0.05, 0) is 46.8 Å². The van der Waals surface area contributed by atoms with Crippen molar-refractivity contribution in [2.24, 2.45) is 0 Å². The quantitative estimate of drug-likeness (QED) is 0.356. The van der Waals surface area contributed by atoms with Crippen LogP contribution in [0.4, 0.5) is 0 Å². The zero-order valence-electron chi connectivity index (χ0n) is 22.2. The number of likely N-dealkylation sites (N-methyl/N-ethyl adjacent to an activating group) is 1. The number of hydrogen-bond donors (Lipinski definition) is 1. The molecule has 0 amide bonds. The van der Waals surface area contributed by atoms with Gasteiger partial charge in [0.25, 0.3) is 5.56 Å². The normalized spacial score (nSPS) is 15.5. The molecule has 38 heavy (non-hydrogen) atoms. The third kappa shape index (κ3) is 5.07. The number of aromatic nitrogens is 5. The van der Waals surface area contributed by atoms with E-state index in [-0.39, 0.29) is 5.56 Å². The van der Waals surface area contributed by atoms with Crippen molar-refractivity contribution in [2.45, 2.75) is 19.5 Å². The molecular weight excluding hydrogens is 486 g/mol. The van der Waals surface area contributed by atoms with Crippen molar-refractivity contribution in [1.29, 1.82) is 0 Å². The highest BCUT2D eigenvalue weighted by molar-refractivity contribution is 5.83. The van der Waals surface area contributed by atoms with Gasteiger partial charge < -0.3 is 24.1 Å². The summed E-state index contributed by atoms with van der Waals surface area (Å²) in [4.78, 5) is 21.3. The van der Waals surface area contributed by atoms with Crippen molar-refractivity contribution in [3.8, 4) is 17.2 Å². The molecule has 0 bridgehead atoms. The van der Waals surface area contributed by atoms with E-state index in [9.17, 15) is 4.79 Å². The smallest absolute Gasteiger partial charge is 0.253 e. The molecule has 1 fully saturated rings. The van der Waals surface area contributed by atoms with Crippen LogP contribution in [0, 0.1) is 0 Å². The van der Waals surface area contributed by atoms with Crippen molar-refractivity contribution in [3.05, 3.63) is 69.8 Å². The number of H-pyrrole nitrogens is 1. The number of fused-ring (bicyclic) bond motifs is 1. The molecule has 1 saturated heterocycles. The molecular formula is C27H33N7O4. The van der Waals surface area contributed by atoms with Crippen LogP contribution in [0.3, 0.4) is 0 Å². The van der Waals surface area contributed by atoms with Crippen LogP contribution in [0.25, 0.3) is 10.9 Å². The van der Waals surface area contributed by atoms with E-state index >= 15 is 0 Å². The Labute approximate surface area is 220 Å². The maximum atomic E-state index is 13.6. The highest BCUT2D eigenvalue weighted by atomic mass is 16.5. The fourth-order valence-corrected chi connectivity index (χ4v) is 5.01. The third-order valence-electron chi connectivity index (χ3n) is 7.19. The number of pyridine rings is 1. The first-order valence-corrected chi connectivity index (χ1v) is 12.7. The molecule has 3 heterocycles. The average Bonchev–Trinajstić information content (AvgIpc) is 3.41. The summed E-state index contributed by atoms with van der Waals surface area (Å²) in [5.74, 6) is 2.55. The highest BCUT2D eigenvalue weighted by Crippen LogP contribution is 2.33. The lowest BCUT2D eigenvalue weighted by Gasteiger charge is -2.38. The van der Waals surface area contributed by atoms with Gasteiger partial charge in [0.05, 0.1) is 33.4 Å². The van der Waals surface area contributed by atoms with Crippen LogP contribution in [0.1, 0.15) is 29.9 Å². The zero-order chi connectivity index (χ0) is 26.6. The molecule has 0 radical (unpaired) electrons. The molecule has 200 valence electrons. The van der Waals surface area contributed by atoms with Crippen molar-refractivity contribution < 1.29 is 14.2 Å². The summed E-state index contributed by atoms with van der Waals surface area (Å²) >= 11 is 0. The molecule has 5 rings (SSSR count). The van der Waals surface area contributed by atoms with Gasteiger partial charge in [-0.2, -0.15) is 0 Å². The predicted molar refractivity (Wildman–Crippen MR) is 143 cm³/mol. The molecule has 1 N–H and O–H groups in total. The lowest BCUT2D eigenvalue weighted by Crippen LogP contribution is -2.49. The summed E-state index contributed by atoms with van der Waals surface area (Å²) in [5.41, 5.74) is 2.09. The molecule has 2 aromatic carbocycles. The fourth-order valence-electron chi connectivity index (χ4n) is 5.01. The molecule has 11 heteroatoms. The largest absolute Gasteiger partial charge is 0.497 e. The van der Waals surface area contributed by atoms with Gasteiger partial charge in [0.15, 0.2) is 17.3 Å². The number of tetrazole rings is 1. The lowest BCUT2D eigenvalue weighted by molar-refractivity contribution is 0.108. The van der Waals surface area contributed by atoms with E-state index in [0.717, 1.165) is 49.4 Å². The minimum atomic E-state index is -0.427. The van der Waals surface area contributed by atoms with Gasteiger partial charge >= 0.3 is 0 Å².